The number of amides is 2. The molecule has 1 heterocycles. The molecule has 1 atom stereocenters. The zero-order valence-corrected chi connectivity index (χ0v) is 21.5. The van der Waals surface area contributed by atoms with Crippen molar-refractivity contribution >= 4 is 51.3 Å². The lowest BCUT2D eigenvalue weighted by molar-refractivity contribution is 0.0783. The van der Waals surface area contributed by atoms with Crippen LogP contribution in [0.2, 0.25) is 5.15 Å². The number of nitrogens with zero attached hydrogens (tertiary/aromatic N) is 3. The van der Waals surface area contributed by atoms with Crippen LogP contribution < -0.4 is 10.5 Å². The number of aliphatic imine (C=N–C) groups is 1. The third-order valence-electron chi connectivity index (χ3n) is 4.59. The Morgan fingerprint density at radius 3 is 2.25 bits per heavy atom. The molecule has 0 aliphatic rings. The van der Waals surface area contributed by atoms with E-state index < -0.39 is 21.5 Å². The fraction of sp³-hybridized carbons (Fsp3) is 0.476. The molecule has 0 fully saturated rings. The summed E-state index contributed by atoms with van der Waals surface area (Å²) >= 11 is 6.94. The Hall–Kier alpha value is -1.85. The summed E-state index contributed by atoms with van der Waals surface area (Å²) in [5, 5.41) is 18.9. The van der Waals surface area contributed by atoms with Gasteiger partial charge in [0.2, 0.25) is 0 Å². The number of carbonyl (C=O) groups is 1. The molecule has 0 aliphatic carbocycles. The first-order valence-electron chi connectivity index (χ1n) is 10.0. The Labute approximate surface area is 198 Å². The normalized spacial score (nSPS) is 13.8. The molecule has 1 aromatic heterocycles. The van der Waals surface area contributed by atoms with E-state index in [1.807, 2.05) is 39.8 Å². The van der Waals surface area contributed by atoms with Crippen LogP contribution >= 0.6 is 22.9 Å². The van der Waals surface area contributed by atoms with Gasteiger partial charge in [0.15, 0.2) is 19.3 Å². The quantitative estimate of drug-likeness (QED) is 0.440. The highest BCUT2D eigenvalue weighted by molar-refractivity contribution is 7.93. The van der Waals surface area contributed by atoms with Gasteiger partial charge in [0.1, 0.15) is 10.6 Å². The number of aliphatic hydroxyl groups is 1. The van der Waals surface area contributed by atoms with E-state index >= 15 is 0 Å². The summed E-state index contributed by atoms with van der Waals surface area (Å²) < 4.78 is 16.7. The molecule has 1 aromatic carbocycles. The van der Waals surface area contributed by atoms with Crippen molar-refractivity contribution in [1.29, 1.82) is 0 Å². The van der Waals surface area contributed by atoms with Crippen LogP contribution in [0.25, 0.3) is 0 Å². The maximum Gasteiger partial charge on any atom is 0.354 e. The average molecular weight is 500 g/mol. The molecule has 2 amide bonds. The molecule has 0 aliphatic heterocycles. The number of anilines is 1. The van der Waals surface area contributed by atoms with Gasteiger partial charge in [-0.25, -0.2) is 19.1 Å². The number of nitrogens with two attached hydrogens (primary N) is 1. The Morgan fingerprint density at radius 2 is 1.84 bits per heavy atom. The molecule has 32 heavy (non-hydrogen) atoms. The van der Waals surface area contributed by atoms with Crippen molar-refractivity contribution in [3.05, 3.63) is 39.0 Å². The van der Waals surface area contributed by atoms with Gasteiger partial charge in [0.25, 0.3) is 0 Å². The van der Waals surface area contributed by atoms with E-state index in [1.165, 1.54) is 13.8 Å². The Kier molecular flexibility index (Phi) is 8.22. The molecule has 0 spiro atoms. The number of urea groups is 1. The van der Waals surface area contributed by atoms with Crippen molar-refractivity contribution in [2.45, 2.75) is 69.7 Å². The lowest BCUT2D eigenvalue weighted by atomic mass is 9.90. The van der Waals surface area contributed by atoms with E-state index in [2.05, 4.69) is 26.4 Å². The van der Waals surface area contributed by atoms with Crippen LogP contribution in [-0.2, 0) is 22.1 Å². The highest BCUT2D eigenvalue weighted by Gasteiger charge is 2.27. The van der Waals surface area contributed by atoms with Crippen molar-refractivity contribution in [1.82, 2.24) is 4.98 Å². The standard InChI is InChI=1S/C21H30ClN5O3S2/c1-11(2)14-8-13(10-24-7)9-15(12(3)4)16(14)25-20(28)27-32(23,30)18-17(22)26-19(31-18)21(5,6)29/h8-9,11-12,29H,7,10H2,1-6H3,(H3,23,25,27,28,30). The second-order valence-corrected chi connectivity index (χ2v) is 11.9. The Bertz CT molecular complexity index is 1110. The van der Waals surface area contributed by atoms with Crippen LogP contribution in [0, 0.1) is 0 Å². The first kappa shape index (κ1) is 26.4. The summed E-state index contributed by atoms with van der Waals surface area (Å²) in [5.41, 5.74) is 2.11. The van der Waals surface area contributed by atoms with Crippen molar-refractivity contribution in [2.75, 3.05) is 5.32 Å². The highest BCUT2D eigenvalue weighted by Crippen LogP contribution is 2.36. The molecule has 0 saturated heterocycles. The van der Waals surface area contributed by atoms with E-state index in [-0.39, 0.29) is 26.2 Å². The molecule has 176 valence electrons. The maximum absolute atomic E-state index is 13.1. The third-order valence-corrected chi connectivity index (χ3v) is 8.38. The number of thiazole rings is 1. The topological polar surface area (TPSA) is 130 Å². The molecular formula is C21H30ClN5O3S2. The van der Waals surface area contributed by atoms with Crippen LogP contribution in [0.3, 0.4) is 0 Å². The van der Waals surface area contributed by atoms with Gasteiger partial charge in [0, 0.05) is 5.69 Å². The van der Waals surface area contributed by atoms with Crippen molar-refractivity contribution in [2.24, 2.45) is 14.5 Å². The third kappa shape index (κ3) is 6.14. The smallest absolute Gasteiger partial charge is 0.354 e. The van der Waals surface area contributed by atoms with Gasteiger partial charge in [-0.05, 0) is 49.1 Å². The van der Waals surface area contributed by atoms with Gasteiger partial charge >= 0.3 is 6.03 Å². The average Bonchev–Trinajstić information content (AvgIpc) is 3.05. The fourth-order valence-electron chi connectivity index (χ4n) is 3.05. The first-order chi connectivity index (χ1) is 14.7. The lowest BCUT2D eigenvalue weighted by Crippen LogP contribution is -2.19. The monoisotopic (exact) mass is 499 g/mol. The van der Waals surface area contributed by atoms with Crippen molar-refractivity contribution in [3.63, 3.8) is 0 Å². The molecule has 11 heteroatoms. The summed E-state index contributed by atoms with van der Waals surface area (Å²) in [4.78, 5) is 20.8. The number of hydrogen-bond donors (Lipinski definition) is 3. The second-order valence-electron chi connectivity index (χ2n) is 8.59. The number of halogens is 1. The summed E-state index contributed by atoms with van der Waals surface area (Å²) in [6.45, 7) is 15.1. The van der Waals surface area contributed by atoms with Crippen LogP contribution in [0.1, 0.15) is 75.1 Å². The molecule has 0 radical (unpaired) electrons. The molecule has 4 N–H and O–H groups in total. The molecular weight excluding hydrogens is 470 g/mol. The minimum Gasteiger partial charge on any atom is -0.383 e. The fourth-order valence-corrected chi connectivity index (χ4v) is 5.81. The van der Waals surface area contributed by atoms with Crippen LogP contribution in [0.5, 0.6) is 0 Å². The molecule has 2 rings (SSSR count). The Morgan fingerprint density at radius 1 is 1.31 bits per heavy atom. The van der Waals surface area contributed by atoms with Crippen molar-refractivity contribution in [3.8, 4) is 0 Å². The molecule has 0 saturated carbocycles. The predicted octanol–water partition coefficient (Wildman–Crippen LogP) is 5.40. The number of rotatable bonds is 7. The summed E-state index contributed by atoms with van der Waals surface area (Å²) in [5.74, 6) is 0.195. The zero-order valence-electron chi connectivity index (χ0n) is 19.1. The number of carbonyl (C=O) groups excluding carboxylic acids is 1. The number of nitrogens with one attached hydrogen (secondary N) is 1. The van der Waals surface area contributed by atoms with Gasteiger partial charge < -0.3 is 10.4 Å². The Balaban J connectivity index is 2.52. The first-order valence-corrected chi connectivity index (χ1v) is 12.8. The van der Waals surface area contributed by atoms with E-state index in [9.17, 15) is 14.1 Å². The van der Waals surface area contributed by atoms with Gasteiger partial charge in [-0.15, -0.1) is 15.7 Å². The molecule has 2 aromatic rings. The highest BCUT2D eigenvalue weighted by atomic mass is 35.5. The zero-order chi connectivity index (χ0) is 24.4. The number of aromatic nitrogens is 1. The minimum atomic E-state index is -3.68. The second kappa shape index (κ2) is 9.96. The predicted molar refractivity (Wildman–Crippen MR) is 132 cm³/mol. The summed E-state index contributed by atoms with van der Waals surface area (Å²) in [7, 11) is -3.68. The minimum absolute atomic E-state index is 0.0630. The number of benzene rings is 1. The summed E-state index contributed by atoms with van der Waals surface area (Å²) in [6.07, 6.45) is 0. The number of hydrogen-bond acceptors (Lipinski definition) is 6. The van der Waals surface area contributed by atoms with E-state index in [1.54, 1.807) is 0 Å². The van der Waals surface area contributed by atoms with Gasteiger partial charge in [0.05, 0.1) is 6.54 Å². The maximum atomic E-state index is 13.1. The van der Waals surface area contributed by atoms with E-state index in [0.717, 1.165) is 28.0 Å². The summed E-state index contributed by atoms with van der Waals surface area (Å²) in [6, 6.07) is 3.08. The van der Waals surface area contributed by atoms with Gasteiger partial charge in [-0.1, -0.05) is 51.4 Å². The van der Waals surface area contributed by atoms with E-state index in [4.69, 9.17) is 16.7 Å². The molecule has 8 nitrogen and oxygen atoms in total. The van der Waals surface area contributed by atoms with Crippen LogP contribution in [0.4, 0.5) is 10.5 Å². The van der Waals surface area contributed by atoms with Crippen LogP contribution in [0.15, 0.2) is 25.7 Å². The molecule has 1 unspecified atom stereocenters. The van der Waals surface area contributed by atoms with E-state index in [0.29, 0.717) is 12.2 Å². The molecule has 0 bridgehead atoms. The lowest BCUT2D eigenvalue weighted by Gasteiger charge is -2.21. The van der Waals surface area contributed by atoms with Crippen LogP contribution in [-0.4, -0.2) is 27.0 Å². The van der Waals surface area contributed by atoms with Gasteiger partial charge in [-0.2, -0.15) is 0 Å². The van der Waals surface area contributed by atoms with Crippen molar-refractivity contribution < 1.29 is 14.1 Å². The SMILES string of the molecule is C=NCc1cc(C(C)C)c(NC(=O)N=S(N)(=O)c2sc(C(C)(C)O)nc2Cl)c(C(C)C)c1. The largest absolute Gasteiger partial charge is 0.383 e. The van der Waals surface area contributed by atoms with Gasteiger partial charge in [-0.3, -0.25) is 4.99 Å².